The summed E-state index contributed by atoms with van der Waals surface area (Å²) in [6.45, 7) is 9.55. The van der Waals surface area contributed by atoms with Gasteiger partial charge in [-0.05, 0) is 38.5 Å². The van der Waals surface area contributed by atoms with Gasteiger partial charge in [0.1, 0.15) is 26.3 Å². The second-order valence-corrected chi connectivity index (χ2v) is 16.5. The largest absolute Gasteiger partial charge is 0.460 e. The Morgan fingerprint density at radius 3 is 0.878 bits per heavy atom. The van der Waals surface area contributed by atoms with Crippen molar-refractivity contribution in [2.24, 2.45) is 0 Å². The normalized spacial score (nSPS) is 12.0. The molecule has 0 aliphatic rings. The van der Waals surface area contributed by atoms with Gasteiger partial charge < -0.3 is 18.4 Å². The minimum absolute atomic E-state index is 0.110. The first-order valence-electron chi connectivity index (χ1n) is 21.6. The van der Waals surface area contributed by atoms with Crippen LogP contribution >= 0.6 is 0 Å². The molecule has 0 aromatic rings. The Morgan fingerprint density at radius 2 is 0.592 bits per heavy atom. The maximum Gasteiger partial charge on any atom is 0.305 e. The van der Waals surface area contributed by atoms with Crippen LogP contribution in [-0.2, 0) is 19.1 Å². The molecule has 6 heteroatoms. The van der Waals surface area contributed by atoms with Crippen LogP contribution in [0, 0.1) is 0 Å². The van der Waals surface area contributed by atoms with Crippen LogP contribution in [0.5, 0.6) is 0 Å². The number of hydrogen-bond donors (Lipinski definition) is 0. The van der Waals surface area contributed by atoms with Gasteiger partial charge in [0, 0.05) is 12.8 Å². The van der Waals surface area contributed by atoms with Crippen LogP contribution in [0.25, 0.3) is 0 Å². The predicted octanol–water partition coefficient (Wildman–Crippen LogP) is 11.6. The second kappa shape index (κ2) is 34.0. The number of esters is 2. The predicted molar refractivity (Wildman–Crippen MR) is 211 cm³/mol. The minimum atomic E-state index is -0.110. The van der Waals surface area contributed by atoms with Gasteiger partial charge in [0.2, 0.25) is 0 Å². The molecule has 0 aromatic carbocycles. The van der Waals surface area contributed by atoms with Gasteiger partial charge in [0.25, 0.3) is 0 Å². The summed E-state index contributed by atoms with van der Waals surface area (Å²) in [6.07, 6.45) is 36.2. The van der Waals surface area contributed by atoms with Crippen molar-refractivity contribution in [1.82, 2.24) is 0 Å². The molecule has 0 N–H and O–H groups in total. The van der Waals surface area contributed by atoms with E-state index in [-0.39, 0.29) is 11.9 Å². The number of ether oxygens (including phenoxy) is 2. The molecule has 0 rings (SSSR count). The SMILES string of the molecule is CCCCCCCCCCCCCC[N+](C)(C)CCOC(=O)CCCCCC(=O)OCC[N+](C)(C)CCCCCCCCCCCCCC. The molecule has 0 fully saturated rings. The molecule has 0 radical (unpaired) electrons. The summed E-state index contributed by atoms with van der Waals surface area (Å²) >= 11 is 0. The van der Waals surface area contributed by atoms with E-state index in [4.69, 9.17) is 9.47 Å². The number of rotatable bonds is 38. The van der Waals surface area contributed by atoms with Crippen LogP contribution in [0.4, 0.5) is 0 Å². The van der Waals surface area contributed by atoms with Crippen LogP contribution in [0.15, 0.2) is 0 Å². The van der Waals surface area contributed by atoms with Gasteiger partial charge in [-0.15, -0.1) is 0 Å². The highest BCUT2D eigenvalue weighted by molar-refractivity contribution is 5.69. The Hall–Kier alpha value is -1.14. The van der Waals surface area contributed by atoms with E-state index in [0.717, 1.165) is 54.4 Å². The number of carbonyl (C=O) groups excluding carboxylic acids is 2. The summed E-state index contributed by atoms with van der Waals surface area (Å²) in [5, 5.41) is 0. The fourth-order valence-corrected chi connectivity index (χ4v) is 6.66. The molecular formula is C43H88N2O4+2. The maximum atomic E-state index is 12.2. The van der Waals surface area contributed by atoms with E-state index in [2.05, 4.69) is 42.0 Å². The van der Waals surface area contributed by atoms with E-state index in [9.17, 15) is 9.59 Å². The molecule has 0 atom stereocenters. The molecule has 0 saturated carbocycles. The number of hydrogen-bond acceptors (Lipinski definition) is 4. The zero-order valence-corrected chi connectivity index (χ0v) is 34.3. The first-order valence-corrected chi connectivity index (χ1v) is 21.6. The third-order valence-electron chi connectivity index (χ3n) is 10.4. The van der Waals surface area contributed by atoms with E-state index in [0.29, 0.717) is 26.1 Å². The molecule has 0 spiro atoms. The van der Waals surface area contributed by atoms with Gasteiger partial charge in [-0.2, -0.15) is 0 Å². The standard InChI is InChI=1S/C43H88N2O4/c1-7-9-11-13-15-17-19-21-23-25-27-32-36-44(3,4)38-40-48-42(46)34-30-29-31-35-43(47)49-41-39-45(5,6)37-33-28-26-24-22-20-18-16-14-12-10-8-2/h7-41H2,1-6H3/q+2. The third-order valence-corrected chi connectivity index (χ3v) is 10.4. The number of quaternary nitrogens is 2. The third kappa shape index (κ3) is 36.5. The lowest BCUT2D eigenvalue weighted by molar-refractivity contribution is -0.890. The van der Waals surface area contributed by atoms with Crippen LogP contribution < -0.4 is 0 Å². The Labute approximate surface area is 307 Å². The van der Waals surface area contributed by atoms with Crippen molar-refractivity contribution in [3.8, 4) is 0 Å². The Morgan fingerprint density at radius 1 is 0.347 bits per heavy atom. The molecule has 0 aromatic heterocycles. The lowest BCUT2D eigenvalue weighted by Gasteiger charge is -2.29. The van der Waals surface area contributed by atoms with Crippen molar-refractivity contribution in [3.63, 3.8) is 0 Å². The molecule has 0 heterocycles. The Balaban J connectivity index is 3.63. The first-order chi connectivity index (χ1) is 23.6. The molecule has 49 heavy (non-hydrogen) atoms. The fourth-order valence-electron chi connectivity index (χ4n) is 6.66. The van der Waals surface area contributed by atoms with Crippen molar-refractivity contribution >= 4 is 11.9 Å². The number of unbranched alkanes of at least 4 members (excludes halogenated alkanes) is 24. The average molecular weight is 697 g/mol. The van der Waals surface area contributed by atoms with E-state index in [1.807, 2.05) is 0 Å². The number of carbonyl (C=O) groups is 2. The van der Waals surface area contributed by atoms with Gasteiger partial charge in [-0.3, -0.25) is 9.59 Å². The van der Waals surface area contributed by atoms with Gasteiger partial charge in [-0.1, -0.05) is 149 Å². The highest BCUT2D eigenvalue weighted by Crippen LogP contribution is 2.15. The monoisotopic (exact) mass is 697 g/mol. The van der Waals surface area contributed by atoms with Gasteiger partial charge in [0.05, 0.1) is 41.3 Å². The summed E-state index contributed by atoms with van der Waals surface area (Å²) in [5.74, 6) is -0.220. The zero-order valence-electron chi connectivity index (χ0n) is 34.3. The van der Waals surface area contributed by atoms with Gasteiger partial charge in [0.15, 0.2) is 0 Å². The number of likely N-dealkylation sites (N-methyl/N-ethyl adjacent to an activating group) is 2. The van der Waals surface area contributed by atoms with Gasteiger partial charge in [-0.25, -0.2) is 0 Å². The van der Waals surface area contributed by atoms with Crippen LogP contribution in [-0.4, -0.2) is 88.5 Å². The van der Waals surface area contributed by atoms with E-state index in [1.165, 1.54) is 154 Å². The Kier molecular flexibility index (Phi) is 33.2. The van der Waals surface area contributed by atoms with Crippen molar-refractivity contribution < 1.29 is 28.0 Å². The summed E-state index contributed by atoms with van der Waals surface area (Å²) in [7, 11) is 8.97. The fraction of sp³-hybridized carbons (Fsp3) is 0.953. The molecule has 0 unspecified atom stereocenters. The molecule has 0 aliphatic heterocycles. The van der Waals surface area contributed by atoms with Crippen molar-refractivity contribution in [2.45, 2.75) is 200 Å². The molecule has 0 aliphatic carbocycles. The van der Waals surface area contributed by atoms with Crippen LogP contribution in [0.1, 0.15) is 200 Å². The van der Waals surface area contributed by atoms with E-state index >= 15 is 0 Å². The average Bonchev–Trinajstić information content (AvgIpc) is 3.05. The lowest BCUT2D eigenvalue weighted by Crippen LogP contribution is -2.43. The second-order valence-electron chi connectivity index (χ2n) is 16.5. The lowest BCUT2D eigenvalue weighted by atomic mass is 10.1. The first kappa shape index (κ1) is 47.9. The summed E-state index contributed by atoms with van der Waals surface area (Å²) < 4.78 is 12.9. The van der Waals surface area contributed by atoms with Gasteiger partial charge >= 0.3 is 11.9 Å². The molecular weight excluding hydrogens is 608 g/mol. The number of nitrogens with zero attached hydrogens (tertiary/aromatic N) is 2. The van der Waals surface area contributed by atoms with Crippen molar-refractivity contribution in [3.05, 3.63) is 0 Å². The molecule has 0 saturated heterocycles. The van der Waals surface area contributed by atoms with Crippen molar-refractivity contribution in [1.29, 1.82) is 0 Å². The van der Waals surface area contributed by atoms with Crippen LogP contribution in [0.3, 0.4) is 0 Å². The highest BCUT2D eigenvalue weighted by Gasteiger charge is 2.17. The molecule has 0 bridgehead atoms. The molecule has 292 valence electrons. The molecule has 6 nitrogen and oxygen atoms in total. The zero-order chi connectivity index (χ0) is 36.3. The molecule has 0 amide bonds. The quantitative estimate of drug-likeness (QED) is 0.0366. The topological polar surface area (TPSA) is 52.6 Å². The van der Waals surface area contributed by atoms with Crippen molar-refractivity contribution in [2.75, 3.05) is 67.6 Å². The smallest absolute Gasteiger partial charge is 0.305 e. The summed E-state index contributed by atoms with van der Waals surface area (Å²) in [5.41, 5.74) is 0. The summed E-state index contributed by atoms with van der Waals surface area (Å²) in [6, 6.07) is 0. The Bertz CT molecular complexity index is 679. The van der Waals surface area contributed by atoms with E-state index < -0.39 is 0 Å². The van der Waals surface area contributed by atoms with E-state index in [1.54, 1.807) is 0 Å². The highest BCUT2D eigenvalue weighted by atomic mass is 16.5. The summed E-state index contributed by atoms with van der Waals surface area (Å²) in [4.78, 5) is 24.4. The minimum Gasteiger partial charge on any atom is -0.460 e. The maximum absolute atomic E-state index is 12.2. The van der Waals surface area contributed by atoms with Crippen LogP contribution in [0.2, 0.25) is 0 Å².